The van der Waals surface area contributed by atoms with Crippen LogP contribution in [0.3, 0.4) is 0 Å². The van der Waals surface area contributed by atoms with Gasteiger partial charge in [0.25, 0.3) is 0 Å². The van der Waals surface area contributed by atoms with E-state index in [9.17, 15) is 0 Å². The Morgan fingerprint density at radius 3 is 1.13 bits per heavy atom. The summed E-state index contributed by atoms with van der Waals surface area (Å²) in [6, 6.07) is 0. The second-order valence-corrected chi connectivity index (χ2v) is 3.09. The Hall–Kier alpha value is 0.714. The average molecular weight is 234 g/mol. The van der Waals surface area contributed by atoms with Crippen LogP contribution in [0.15, 0.2) is 0 Å². The zero-order valence-electron chi connectivity index (χ0n) is 9.53. The van der Waals surface area contributed by atoms with Gasteiger partial charge in [0.05, 0.1) is 0 Å². The van der Waals surface area contributed by atoms with Crippen molar-refractivity contribution in [3.05, 3.63) is 78.1 Å². The summed E-state index contributed by atoms with van der Waals surface area (Å²) in [6.45, 7) is 0. The van der Waals surface area contributed by atoms with Crippen LogP contribution in [0.2, 0.25) is 0 Å². The normalized spacial score (nSPS) is 21.6. The molecule has 0 nitrogen and oxygen atoms in total. The molecule has 0 aromatic carbocycles. The summed E-state index contributed by atoms with van der Waals surface area (Å²) < 4.78 is 0. The van der Waals surface area contributed by atoms with Crippen molar-refractivity contribution >= 4 is 0 Å². The summed E-state index contributed by atoms with van der Waals surface area (Å²) in [6.07, 6.45) is 19.5. The predicted molar refractivity (Wildman–Crippen MR) is 62.9 cm³/mol. The van der Waals surface area contributed by atoms with E-state index in [0.29, 0.717) is 0 Å². The summed E-state index contributed by atoms with van der Waals surface area (Å²) in [7, 11) is 0. The Kier molecular flexibility index (Phi) is 11.9. The van der Waals surface area contributed by atoms with Gasteiger partial charge in [-0.25, -0.2) is 0 Å². The van der Waals surface area contributed by atoms with Crippen LogP contribution in [-0.4, -0.2) is 0 Å². The van der Waals surface area contributed by atoms with Crippen LogP contribution in [0.25, 0.3) is 0 Å². The van der Waals surface area contributed by atoms with Gasteiger partial charge in [-0.1, -0.05) is 0 Å². The smallest absolute Gasteiger partial charge is 0.358 e. The van der Waals surface area contributed by atoms with Crippen molar-refractivity contribution in [3.8, 4) is 0 Å². The summed E-state index contributed by atoms with van der Waals surface area (Å²) >= 11 is 0. The van der Waals surface area contributed by atoms with Crippen molar-refractivity contribution < 1.29 is 21.7 Å². The Bertz CT molecular complexity index is 105. The molecule has 0 atom stereocenters. The molecule has 0 spiro atoms. The molecule has 0 bridgehead atoms. The van der Waals surface area contributed by atoms with Crippen molar-refractivity contribution in [3.63, 3.8) is 0 Å². The van der Waals surface area contributed by atoms with Crippen LogP contribution < -0.4 is 0 Å². The maximum Gasteiger partial charge on any atom is 2.00 e. The summed E-state index contributed by atoms with van der Waals surface area (Å²) in [5, 5.41) is 0. The molecular weight excluding hydrogens is 216 g/mol. The van der Waals surface area contributed by atoms with Gasteiger partial charge in [-0.15, -0.1) is 0 Å². The fraction of sp³-hybridized carbons (Fsp3) is 0.143. The number of hydrogen-bond donors (Lipinski definition) is 0. The molecule has 2 aliphatic rings. The number of hydrogen-bond acceptors (Lipinski definition) is 0. The molecule has 0 aromatic rings. The van der Waals surface area contributed by atoms with Gasteiger partial charge < -0.3 is 14.9 Å². The third-order valence-electron chi connectivity index (χ3n) is 2.17. The van der Waals surface area contributed by atoms with Gasteiger partial charge in [0.2, 0.25) is 0 Å². The fourth-order valence-electron chi connectivity index (χ4n) is 1.45. The average Bonchev–Trinajstić information content (AvgIpc) is 2.74. The molecule has 2 aliphatic carbocycles. The maximum absolute atomic E-state index is 2.18. The second kappa shape index (κ2) is 9.91. The van der Waals surface area contributed by atoms with E-state index in [4.69, 9.17) is 0 Å². The zero-order valence-corrected chi connectivity index (χ0v) is 11.1. The van der Waals surface area contributed by atoms with Gasteiger partial charge in [0.15, 0.2) is 0 Å². The van der Waals surface area contributed by atoms with Crippen molar-refractivity contribution in [2.45, 2.75) is 12.8 Å². The van der Waals surface area contributed by atoms with Gasteiger partial charge in [-0.05, 0) is 76.0 Å². The molecule has 0 aliphatic heterocycles. The molecule has 2 fully saturated rings. The first kappa shape index (κ1) is 18.1. The standard InChI is InChI=1S/C12H12.2CH3.Ti/c1-2-6-11(5-1)9-10-12-7-3-4-8-12;;;/h1-8H,9-10H2;2*1H3;/q;2*-1;+2. The molecule has 2 saturated carbocycles. The van der Waals surface area contributed by atoms with E-state index in [-0.39, 0.29) is 36.6 Å². The minimum Gasteiger partial charge on any atom is -0.358 e. The Labute approximate surface area is 112 Å². The summed E-state index contributed by atoms with van der Waals surface area (Å²) in [4.78, 5) is 0. The molecule has 0 unspecified atom stereocenters. The molecule has 10 radical (unpaired) electrons. The van der Waals surface area contributed by atoms with Gasteiger partial charge in [0.1, 0.15) is 0 Å². The van der Waals surface area contributed by atoms with Crippen molar-refractivity contribution in [2.24, 2.45) is 0 Å². The van der Waals surface area contributed by atoms with Crippen LogP contribution in [0.5, 0.6) is 0 Å². The summed E-state index contributed by atoms with van der Waals surface area (Å²) in [5.41, 5.74) is 0. The largest absolute Gasteiger partial charge is 2.00 e. The van der Waals surface area contributed by atoms with Gasteiger partial charge in [-0.2, -0.15) is 0 Å². The van der Waals surface area contributed by atoms with E-state index in [1.165, 1.54) is 11.8 Å². The first-order valence-corrected chi connectivity index (χ1v) is 4.36. The van der Waals surface area contributed by atoms with E-state index in [1.54, 1.807) is 0 Å². The van der Waals surface area contributed by atoms with E-state index in [1.807, 2.05) is 0 Å². The van der Waals surface area contributed by atoms with Gasteiger partial charge >= 0.3 is 21.7 Å². The first-order chi connectivity index (χ1) is 5.95. The van der Waals surface area contributed by atoms with Gasteiger partial charge in [-0.3, -0.25) is 0 Å². The van der Waals surface area contributed by atoms with Crippen LogP contribution in [0.1, 0.15) is 12.8 Å². The van der Waals surface area contributed by atoms with Crippen molar-refractivity contribution in [1.29, 1.82) is 0 Å². The summed E-state index contributed by atoms with van der Waals surface area (Å²) in [5.74, 6) is 2.88. The van der Waals surface area contributed by atoms with E-state index in [2.05, 4.69) is 51.4 Å². The third kappa shape index (κ3) is 6.12. The predicted octanol–water partition coefficient (Wildman–Crippen LogP) is 3.48. The monoisotopic (exact) mass is 234 g/mol. The zero-order chi connectivity index (χ0) is 8.23. The minimum absolute atomic E-state index is 0. The molecular formula is C14H18Ti. The Morgan fingerprint density at radius 1 is 0.600 bits per heavy atom. The molecule has 78 valence electrons. The van der Waals surface area contributed by atoms with Crippen molar-refractivity contribution in [2.75, 3.05) is 0 Å². The topological polar surface area (TPSA) is 0 Å². The first-order valence-electron chi connectivity index (χ1n) is 4.36. The molecule has 0 heterocycles. The Balaban J connectivity index is 0. The quantitative estimate of drug-likeness (QED) is 0.518. The van der Waals surface area contributed by atoms with E-state index in [0.717, 1.165) is 12.8 Å². The van der Waals surface area contributed by atoms with Crippen LogP contribution >= 0.6 is 0 Å². The van der Waals surface area contributed by atoms with E-state index >= 15 is 0 Å². The minimum atomic E-state index is 0. The van der Waals surface area contributed by atoms with Crippen LogP contribution in [-0.2, 0) is 21.7 Å². The SMILES string of the molecule is [CH3-].[CH3-].[CH]1[CH][CH][C](CC[C]2[CH][CH][CH][CH]2)[CH]1.[Ti+2]. The van der Waals surface area contributed by atoms with Crippen LogP contribution in [0.4, 0.5) is 0 Å². The van der Waals surface area contributed by atoms with Crippen LogP contribution in [0, 0.1) is 78.1 Å². The molecule has 0 N–H and O–H groups in total. The maximum atomic E-state index is 2.18. The Morgan fingerprint density at radius 2 is 0.867 bits per heavy atom. The van der Waals surface area contributed by atoms with E-state index < -0.39 is 0 Å². The molecule has 0 amide bonds. The molecule has 2 rings (SSSR count). The second-order valence-electron chi connectivity index (χ2n) is 3.09. The van der Waals surface area contributed by atoms with Gasteiger partial charge in [0, 0.05) is 0 Å². The molecule has 0 saturated heterocycles. The van der Waals surface area contributed by atoms with Crippen molar-refractivity contribution in [1.82, 2.24) is 0 Å². The number of rotatable bonds is 3. The fourth-order valence-corrected chi connectivity index (χ4v) is 1.45. The third-order valence-corrected chi connectivity index (χ3v) is 2.17. The molecule has 0 aromatic heterocycles. The molecule has 1 heteroatoms. The molecule has 15 heavy (non-hydrogen) atoms.